The van der Waals surface area contributed by atoms with Gasteiger partial charge in [-0.05, 0) is 60.5 Å². The monoisotopic (exact) mass is 438 g/mol. The zero-order valence-electron chi connectivity index (χ0n) is 17.3. The Bertz CT molecular complexity index is 1050. The number of para-hydroxylation sites is 1. The number of ether oxygens (including phenoxy) is 3. The fraction of sp³-hybridized carbons (Fsp3) is 0.167. The van der Waals surface area contributed by atoms with Crippen molar-refractivity contribution in [3.63, 3.8) is 0 Å². The molecule has 0 heterocycles. The zero-order valence-corrected chi connectivity index (χ0v) is 18.1. The molecule has 3 aromatic carbocycles. The third-order valence-electron chi connectivity index (χ3n) is 4.31. The molecule has 0 fully saturated rings. The second-order valence-electron chi connectivity index (χ2n) is 6.45. The molecule has 0 unspecified atom stereocenters. The Morgan fingerprint density at radius 2 is 1.77 bits per heavy atom. The molecule has 1 amide bonds. The van der Waals surface area contributed by atoms with E-state index in [4.69, 9.17) is 25.8 Å². The summed E-state index contributed by atoms with van der Waals surface area (Å²) < 4.78 is 16.8. The molecule has 0 saturated carbocycles. The normalized spacial score (nSPS) is 10.7. The predicted octanol–water partition coefficient (Wildman–Crippen LogP) is 5.09. The third-order valence-corrected chi connectivity index (χ3v) is 4.56. The summed E-state index contributed by atoms with van der Waals surface area (Å²) in [5.74, 6) is 1.33. The lowest BCUT2D eigenvalue weighted by atomic mass is 10.2. The van der Waals surface area contributed by atoms with Gasteiger partial charge in [0.15, 0.2) is 11.5 Å². The van der Waals surface area contributed by atoms with Crippen LogP contribution >= 0.6 is 11.6 Å². The maximum atomic E-state index is 12.3. The SMILES string of the molecule is CCOc1cc(/C=N/NC(=O)c2ccccc2OC)ccc1OCc1ccc(Cl)cc1. The minimum atomic E-state index is -0.360. The fourth-order valence-electron chi connectivity index (χ4n) is 2.79. The smallest absolute Gasteiger partial charge is 0.275 e. The first kappa shape index (κ1) is 22.2. The van der Waals surface area contributed by atoms with Crippen molar-refractivity contribution in [2.24, 2.45) is 5.10 Å². The van der Waals surface area contributed by atoms with Gasteiger partial charge in [-0.1, -0.05) is 35.9 Å². The van der Waals surface area contributed by atoms with Crippen LogP contribution in [-0.4, -0.2) is 25.8 Å². The molecule has 0 atom stereocenters. The van der Waals surface area contributed by atoms with Crippen molar-refractivity contribution < 1.29 is 19.0 Å². The summed E-state index contributed by atoms with van der Waals surface area (Å²) in [5, 5.41) is 4.72. The molecule has 0 saturated heterocycles. The number of hydrazone groups is 1. The van der Waals surface area contributed by atoms with Gasteiger partial charge in [-0.25, -0.2) is 5.43 Å². The highest BCUT2D eigenvalue weighted by molar-refractivity contribution is 6.30. The van der Waals surface area contributed by atoms with E-state index in [0.29, 0.717) is 41.0 Å². The van der Waals surface area contributed by atoms with E-state index in [1.807, 2.05) is 43.3 Å². The number of nitrogens with one attached hydrogen (secondary N) is 1. The number of halogens is 1. The molecule has 3 rings (SSSR count). The third kappa shape index (κ3) is 6.23. The minimum absolute atomic E-state index is 0.360. The van der Waals surface area contributed by atoms with Crippen LogP contribution in [0, 0.1) is 0 Å². The highest BCUT2D eigenvalue weighted by Gasteiger charge is 2.10. The first-order chi connectivity index (χ1) is 15.1. The fourth-order valence-corrected chi connectivity index (χ4v) is 2.92. The molecular formula is C24H23ClN2O4. The van der Waals surface area contributed by atoms with Crippen LogP contribution in [0.1, 0.15) is 28.4 Å². The summed E-state index contributed by atoms with van der Waals surface area (Å²) in [6, 6.07) is 19.9. The number of hydrogen-bond acceptors (Lipinski definition) is 5. The molecule has 6 nitrogen and oxygen atoms in total. The van der Waals surface area contributed by atoms with Crippen LogP contribution in [0.25, 0.3) is 0 Å². The summed E-state index contributed by atoms with van der Waals surface area (Å²) in [5.41, 5.74) is 4.66. The highest BCUT2D eigenvalue weighted by atomic mass is 35.5. The van der Waals surface area contributed by atoms with E-state index < -0.39 is 0 Å². The number of carbonyl (C=O) groups is 1. The molecule has 0 aromatic heterocycles. The topological polar surface area (TPSA) is 69.2 Å². The Hall–Kier alpha value is -3.51. The molecule has 1 N–H and O–H groups in total. The highest BCUT2D eigenvalue weighted by Crippen LogP contribution is 2.29. The van der Waals surface area contributed by atoms with Gasteiger partial charge in [-0.3, -0.25) is 4.79 Å². The first-order valence-corrected chi connectivity index (χ1v) is 10.1. The summed E-state index contributed by atoms with van der Waals surface area (Å²) >= 11 is 5.92. The van der Waals surface area contributed by atoms with E-state index in [1.165, 1.54) is 7.11 Å². The number of rotatable bonds is 9. The van der Waals surface area contributed by atoms with Crippen LogP contribution in [0.3, 0.4) is 0 Å². The van der Waals surface area contributed by atoms with Crippen LogP contribution in [0.15, 0.2) is 71.8 Å². The lowest BCUT2D eigenvalue weighted by Crippen LogP contribution is -2.18. The Balaban J connectivity index is 1.66. The lowest BCUT2D eigenvalue weighted by molar-refractivity contribution is 0.0952. The number of hydrogen-bond donors (Lipinski definition) is 1. The Kier molecular flexibility index (Phi) is 7.90. The molecule has 0 spiro atoms. The molecule has 3 aromatic rings. The number of amides is 1. The van der Waals surface area contributed by atoms with E-state index in [1.54, 1.807) is 36.5 Å². The van der Waals surface area contributed by atoms with Crippen molar-refractivity contribution >= 4 is 23.7 Å². The van der Waals surface area contributed by atoms with Gasteiger partial charge in [0.05, 0.1) is 25.5 Å². The molecule has 0 bridgehead atoms. The van der Waals surface area contributed by atoms with Crippen molar-refractivity contribution in [1.29, 1.82) is 0 Å². The van der Waals surface area contributed by atoms with Gasteiger partial charge >= 0.3 is 0 Å². The van der Waals surface area contributed by atoms with Crippen molar-refractivity contribution in [2.75, 3.05) is 13.7 Å². The maximum absolute atomic E-state index is 12.3. The standard InChI is InChI=1S/C24H23ClN2O4/c1-3-30-23-14-18(10-13-22(23)31-16-17-8-11-19(25)12-9-17)15-26-27-24(28)20-6-4-5-7-21(20)29-2/h4-15H,3,16H2,1-2H3,(H,27,28)/b26-15+. The van der Waals surface area contributed by atoms with Crippen LogP contribution in [0.2, 0.25) is 5.02 Å². The van der Waals surface area contributed by atoms with Gasteiger partial charge in [0, 0.05) is 5.02 Å². The molecule has 0 aliphatic heterocycles. The number of carbonyl (C=O) groups excluding carboxylic acids is 1. The number of benzene rings is 3. The summed E-state index contributed by atoms with van der Waals surface area (Å²) in [4.78, 5) is 12.3. The summed E-state index contributed by atoms with van der Waals surface area (Å²) in [6.07, 6.45) is 1.54. The van der Waals surface area contributed by atoms with Crippen LogP contribution in [-0.2, 0) is 6.61 Å². The number of methoxy groups -OCH3 is 1. The van der Waals surface area contributed by atoms with E-state index in [2.05, 4.69) is 10.5 Å². The van der Waals surface area contributed by atoms with E-state index >= 15 is 0 Å². The maximum Gasteiger partial charge on any atom is 0.275 e. The van der Waals surface area contributed by atoms with Crippen LogP contribution in [0.5, 0.6) is 17.2 Å². The molecule has 160 valence electrons. The first-order valence-electron chi connectivity index (χ1n) is 9.71. The summed E-state index contributed by atoms with van der Waals surface area (Å²) in [7, 11) is 1.52. The van der Waals surface area contributed by atoms with Crippen LogP contribution < -0.4 is 19.6 Å². The van der Waals surface area contributed by atoms with Crippen molar-refractivity contribution in [1.82, 2.24) is 5.43 Å². The van der Waals surface area contributed by atoms with Gasteiger partial charge in [0.1, 0.15) is 12.4 Å². The average molecular weight is 439 g/mol. The molecule has 7 heteroatoms. The van der Waals surface area contributed by atoms with E-state index in [-0.39, 0.29) is 5.91 Å². The Morgan fingerprint density at radius 3 is 2.52 bits per heavy atom. The second-order valence-corrected chi connectivity index (χ2v) is 6.89. The van der Waals surface area contributed by atoms with Gasteiger partial charge in [0.2, 0.25) is 0 Å². The van der Waals surface area contributed by atoms with Gasteiger partial charge in [0.25, 0.3) is 5.91 Å². The van der Waals surface area contributed by atoms with E-state index in [0.717, 1.165) is 11.1 Å². The van der Waals surface area contributed by atoms with Crippen molar-refractivity contribution in [3.8, 4) is 17.2 Å². The van der Waals surface area contributed by atoms with Gasteiger partial charge in [-0.15, -0.1) is 0 Å². The average Bonchev–Trinajstić information content (AvgIpc) is 2.79. The van der Waals surface area contributed by atoms with Crippen molar-refractivity contribution in [2.45, 2.75) is 13.5 Å². The van der Waals surface area contributed by atoms with Crippen LogP contribution in [0.4, 0.5) is 0 Å². The molecular weight excluding hydrogens is 416 g/mol. The molecule has 0 radical (unpaired) electrons. The predicted molar refractivity (Wildman–Crippen MR) is 121 cm³/mol. The largest absolute Gasteiger partial charge is 0.496 e. The molecule has 0 aliphatic carbocycles. The number of nitrogens with zero attached hydrogens (tertiary/aromatic N) is 1. The summed E-state index contributed by atoms with van der Waals surface area (Å²) in [6.45, 7) is 2.78. The Morgan fingerprint density at radius 1 is 1.00 bits per heavy atom. The Labute approximate surface area is 186 Å². The van der Waals surface area contributed by atoms with Gasteiger partial charge < -0.3 is 14.2 Å². The van der Waals surface area contributed by atoms with E-state index in [9.17, 15) is 4.79 Å². The van der Waals surface area contributed by atoms with Gasteiger partial charge in [-0.2, -0.15) is 5.10 Å². The molecule has 0 aliphatic rings. The van der Waals surface area contributed by atoms with Crippen molar-refractivity contribution in [3.05, 3.63) is 88.4 Å². The quantitative estimate of drug-likeness (QED) is 0.373. The second kappa shape index (κ2) is 11.0. The lowest BCUT2D eigenvalue weighted by Gasteiger charge is -2.12. The minimum Gasteiger partial charge on any atom is -0.496 e. The zero-order chi connectivity index (χ0) is 22.1. The molecule has 31 heavy (non-hydrogen) atoms.